The van der Waals surface area contributed by atoms with Crippen LogP contribution in [-0.4, -0.2) is 47.2 Å². The molecule has 0 saturated carbocycles. The summed E-state index contributed by atoms with van der Waals surface area (Å²) in [6.07, 6.45) is -0.375. The van der Waals surface area contributed by atoms with Gasteiger partial charge in [-0.3, -0.25) is 0 Å². The first-order chi connectivity index (χ1) is 15.6. The molecule has 180 valence electrons. The zero-order valence-electron chi connectivity index (χ0n) is 18.3. The number of hydrogen-bond acceptors (Lipinski definition) is 9. The topological polar surface area (TPSA) is 130 Å². The fourth-order valence-electron chi connectivity index (χ4n) is 2.82. The molecule has 1 aliphatic rings. The summed E-state index contributed by atoms with van der Waals surface area (Å²) in [4.78, 5) is 37.8. The second-order valence-electron chi connectivity index (χ2n) is 7.41. The number of esters is 1. The van der Waals surface area contributed by atoms with E-state index in [4.69, 9.17) is 23.3 Å². The second-order valence-corrected chi connectivity index (χ2v) is 14.3. The molecule has 1 fully saturated rings. The van der Waals surface area contributed by atoms with Crippen molar-refractivity contribution in [3.63, 3.8) is 0 Å². The number of aromatic amines is 1. The van der Waals surface area contributed by atoms with Crippen LogP contribution < -0.4 is 20.9 Å². The van der Waals surface area contributed by atoms with E-state index in [0.29, 0.717) is 5.75 Å². The van der Waals surface area contributed by atoms with Gasteiger partial charge in [-0.1, -0.05) is 0 Å². The van der Waals surface area contributed by atoms with E-state index in [9.17, 15) is 14.4 Å². The number of carbonyl (C=O) groups excluding carboxylic acids is 1. The summed E-state index contributed by atoms with van der Waals surface area (Å²) in [5, 5.41) is 3.15. The van der Waals surface area contributed by atoms with E-state index in [1.54, 1.807) is 32.9 Å². The Labute approximate surface area is 200 Å². The Bertz CT molecular complexity index is 1110. The van der Waals surface area contributed by atoms with Gasteiger partial charge in [0.15, 0.2) is 0 Å². The van der Waals surface area contributed by atoms with Gasteiger partial charge in [0.1, 0.15) is 0 Å². The zero-order chi connectivity index (χ0) is 24.0. The predicted octanol–water partition coefficient (Wildman–Crippen LogP) is 1.66. The van der Waals surface area contributed by atoms with Crippen LogP contribution in [0, 0.1) is 0 Å². The number of benzene rings is 1. The number of nitrogens with one attached hydrogen (secondary N) is 2. The second kappa shape index (κ2) is 11.5. The number of aromatic nitrogens is 2. The summed E-state index contributed by atoms with van der Waals surface area (Å²) in [6.45, 7) is 5.34. The number of H-pyrrole nitrogens is 1. The molecule has 2 N–H and O–H groups in total. The van der Waals surface area contributed by atoms with Crippen molar-refractivity contribution in [2.45, 2.75) is 45.4 Å². The summed E-state index contributed by atoms with van der Waals surface area (Å²) >= 11 is 0.956. The van der Waals surface area contributed by atoms with E-state index in [-0.39, 0.29) is 19.3 Å². The third-order valence-electron chi connectivity index (χ3n) is 4.30. The first kappa shape index (κ1) is 25.7. The summed E-state index contributed by atoms with van der Waals surface area (Å²) in [7, 11) is 0. The minimum absolute atomic E-state index is 0.00232. The molecule has 0 radical (unpaired) electrons. The third kappa shape index (κ3) is 7.57. The van der Waals surface area contributed by atoms with Gasteiger partial charge in [0.2, 0.25) is 0 Å². The summed E-state index contributed by atoms with van der Waals surface area (Å²) in [6, 6.07) is 9.69. The van der Waals surface area contributed by atoms with Crippen molar-refractivity contribution < 1.29 is 46.9 Å². The minimum atomic E-state index is -2.75. The van der Waals surface area contributed by atoms with Crippen LogP contribution in [0.15, 0.2) is 52.2 Å². The molecule has 0 bridgehead atoms. The van der Waals surface area contributed by atoms with Gasteiger partial charge in [0, 0.05) is 0 Å². The fourth-order valence-corrected chi connectivity index (χ4v) is 7.59. The number of rotatable bonds is 10. The molecule has 2 aromatic rings. The van der Waals surface area contributed by atoms with Gasteiger partial charge in [-0.05, 0) is 0 Å². The van der Waals surface area contributed by atoms with E-state index >= 15 is 0 Å². The summed E-state index contributed by atoms with van der Waals surface area (Å²) in [5.41, 5.74) is -3.83. The van der Waals surface area contributed by atoms with Crippen molar-refractivity contribution in [2.75, 3.05) is 13.2 Å². The molecule has 11 nitrogen and oxygen atoms in total. The summed E-state index contributed by atoms with van der Waals surface area (Å²) in [5.74, 6) is 0.172. The Morgan fingerprint density at radius 2 is 2.00 bits per heavy atom. The number of hydrogen-bond donors (Lipinski definition) is 2. The molecular formula is C20H26N3O8PW. The van der Waals surface area contributed by atoms with Gasteiger partial charge in [-0.25, -0.2) is 0 Å². The average Bonchev–Trinajstić information content (AvgIpc) is 3.21. The van der Waals surface area contributed by atoms with Gasteiger partial charge >= 0.3 is 201 Å². The Morgan fingerprint density at radius 3 is 2.67 bits per heavy atom. The predicted molar refractivity (Wildman–Crippen MR) is 115 cm³/mol. The average molecular weight is 651 g/mol. The first-order valence-electron chi connectivity index (χ1n) is 10.2. The van der Waals surface area contributed by atoms with Gasteiger partial charge in [0.25, 0.3) is 0 Å². The molecule has 4 atom stereocenters. The van der Waals surface area contributed by atoms with Gasteiger partial charge in [-0.15, -0.1) is 0 Å². The van der Waals surface area contributed by atoms with E-state index < -0.39 is 41.3 Å². The monoisotopic (exact) mass is 651 g/mol. The van der Waals surface area contributed by atoms with E-state index in [2.05, 4.69) is 10.1 Å². The van der Waals surface area contributed by atoms with Crippen LogP contribution in [0.4, 0.5) is 0 Å². The number of ether oxygens (including phenoxy) is 3. The van der Waals surface area contributed by atoms with Crippen LogP contribution >= 0.6 is 5.50 Å². The molecule has 0 amide bonds. The molecular weight excluding hydrogens is 625 g/mol. The Kier molecular flexibility index (Phi) is 8.98. The molecule has 1 aromatic heterocycles. The molecule has 3 rings (SSSR count). The van der Waals surface area contributed by atoms with Crippen molar-refractivity contribution in [1.29, 1.82) is 0 Å². The van der Waals surface area contributed by atoms with Crippen molar-refractivity contribution in [3.8, 4) is 5.75 Å². The Morgan fingerprint density at radius 1 is 1.27 bits per heavy atom. The van der Waals surface area contributed by atoms with Crippen LogP contribution in [0.25, 0.3) is 0 Å². The van der Waals surface area contributed by atoms with Gasteiger partial charge < -0.3 is 0 Å². The van der Waals surface area contributed by atoms with E-state index in [0.717, 1.165) is 18.8 Å². The maximum atomic E-state index is 12.3. The Balaban J connectivity index is 1.67. The van der Waals surface area contributed by atoms with Crippen LogP contribution in [0.1, 0.15) is 27.0 Å². The van der Waals surface area contributed by atoms with E-state index in [1.807, 2.05) is 18.2 Å². The van der Waals surface area contributed by atoms with Crippen molar-refractivity contribution >= 4 is 11.5 Å². The molecule has 1 unspecified atom stereocenters. The third-order valence-corrected chi connectivity index (χ3v) is 9.02. The molecule has 1 aromatic carbocycles. The molecule has 0 aliphatic carbocycles. The molecule has 1 aliphatic heterocycles. The zero-order valence-corrected chi connectivity index (χ0v) is 22.2. The number of nitrogens with zero attached hydrogens (tertiary/aromatic N) is 1. The van der Waals surface area contributed by atoms with E-state index in [1.165, 1.54) is 16.8 Å². The molecule has 33 heavy (non-hydrogen) atoms. The molecule has 13 heteroatoms. The SMILES string of the molecule is CC(C)OC(=O)[C@@H](C)N[P](=[W])(OC[C@H]1OC[C@@H](n2ccc(=O)[nH]c2=O)O1)Oc1ccccc1. The molecule has 2 heterocycles. The first-order valence-corrected chi connectivity index (χ1v) is 15.7. The van der Waals surface area contributed by atoms with Crippen LogP contribution in [-0.2, 0) is 42.3 Å². The normalized spacial score (nSPS) is 20.8. The van der Waals surface area contributed by atoms with Crippen molar-refractivity contribution in [2.24, 2.45) is 0 Å². The maximum absolute atomic E-state index is 12.3. The van der Waals surface area contributed by atoms with Crippen LogP contribution in [0.3, 0.4) is 0 Å². The van der Waals surface area contributed by atoms with Gasteiger partial charge in [-0.2, -0.15) is 0 Å². The number of para-hydroxylation sites is 1. The van der Waals surface area contributed by atoms with Crippen LogP contribution in [0.5, 0.6) is 5.75 Å². The van der Waals surface area contributed by atoms with Crippen LogP contribution in [0.2, 0.25) is 0 Å². The van der Waals surface area contributed by atoms with Gasteiger partial charge in [0.05, 0.1) is 0 Å². The quantitative estimate of drug-likeness (QED) is 0.291. The fraction of sp³-hybridized carbons (Fsp3) is 0.450. The van der Waals surface area contributed by atoms with Crippen molar-refractivity contribution in [1.82, 2.24) is 14.6 Å². The Hall–Kier alpha value is -1.87. The standard InChI is InChI=1S/C20H26N3O8P.W/c1-13(2)29-19(25)14(3)22-32(31-15-7-5-4-6-8-15)28-12-18-27-11-17(30-18)23-10-9-16(24)21-20(23)26;/h4-10,13-14,17-18,22H,11-12H2,1-3H3,(H,21,24,26);/t14-,17+,18+,32?;/m1./s1. The molecule has 0 spiro atoms. The number of carbonyl (C=O) groups is 1. The molecule has 1 saturated heterocycles. The summed E-state index contributed by atoms with van der Waals surface area (Å²) < 4.78 is 30.1. The van der Waals surface area contributed by atoms with Crippen molar-refractivity contribution in [3.05, 3.63) is 63.4 Å².